The van der Waals surface area contributed by atoms with E-state index in [1.165, 1.54) is 28.1 Å². The molecule has 20 heteroatoms. The third-order valence-corrected chi connectivity index (χ3v) is 7.27. The number of aromatic amines is 2. The molecule has 0 saturated carbocycles. The molecule has 0 unspecified atom stereocenters. The molecule has 7 heterocycles. The van der Waals surface area contributed by atoms with Crippen LogP contribution in [0, 0.1) is 0 Å². The summed E-state index contributed by atoms with van der Waals surface area (Å²) in [4.78, 5) is 45.4. The van der Waals surface area contributed by atoms with Crippen LogP contribution in [0.15, 0.2) is 28.4 Å². The number of nitrogen functional groups attached to an aromatic ring is 2. The summed E-state index contributed by atoms with van der Waals surface area (Å²) in [5, 5.41) is 40.0. The zero-order chi connectivity index (χ0) is 28.6. The van der Waals surface area contributed by atoms with Crippen LogP contribution in [-0.4, -0.2) is 94.3 Å². The molecule has 7 atom stereocenters. The number of nitrogens with zero attached hydrogens (tertiary/aromatic N) is 9. The Hall–Kier alpha value is -4.76. The Kier molecular flexibility index (Phi) is 5.62. The van der Waals surface area contributed by atoms with E-state index in [-0.39, 0.29) is 52.9 Å². The van der Waals surface area contributed by atoms with Crippen LogP contribution in [0.4, 0.5) is 11.9 Å². The van der Waals surface area contributed by atoms with Gasteiger partial charge in [-0.05, 0) is 0 Å². The van der Waals surface area contributed by atoms with Crippen LogP contribution < -0.4 is 22.6 Å². The van der Waals surface area contributed by atoms with Gasteiger partial charge in [0.2, 0.25) is 11.9 Å². The van der Waals surface area contributed by atoms with Crippen LogP contribution in [0.2, 0.25) is 0 Å². The number of hydrogen-bond acceptors (Lipinski definition) is 15. The number of rotatable bonds is 5. The lowest BCUT2D eigenvalue weighted by Gasteiger charge is -2.16. The quantitative estimate of drug-likeness (QED) is 0.110. The van der Waals surface area contributed by atoms with Crippen molar-refractivity contribution in [2.45, 2.75) is 49.3 Å². The summed E-state index contributed by atoms with van der Waals surface area (Å²) >= 11 is 0. The molecule has 2 aliphatic heterocycles. The Morgan fingerprint density at radius 2 is 1.59 bits per heavy atom. The van der Waals surface area contributed by atoms with E-state index in [0.717, 1.165) is 0 Å². The molecule has 2 saturated heterocycles. The lowest BCUT2D eigenvalue weighted by atomic mass is 10.1. The maximum atomic E-state index is 12.2. The fourth-order valence-electron chi connectivity index (χ4n) is 5.33. The number of H-pyrrole nitrogens is 2. The minimum atomic E-state index is -1.44. The van der Waals surface area contributed by atoms with Gasteiger partial charge in [-0.15, -0.1) is 5.10 Å². The smallest absolute Gasteiger partial charge is 0.280 e. The van der Waals surface area contributed by atoms with Gasteiger partial charge in [0.15, 0.2) is 28.6 Å². The van der Waals surface area contributed by atoms with E-state index in [4.69, 9.17) is 20.9 Å². The van der Waals surface area contributed by atoms with Gasteiger partial charge in [0.1, 0.15) is 36.3 Å². The first kappa shape index (κ1) is 25.2. The van der Waals surface area contributed by atoms with E-state index in [9.17, 15) is 24.9 Å². The van der Waals surface area contributed by atoms with E-state index in [1.807, 2.05) is 0 Å². The third kappa shape index (κ3) is 3.88. The molecule has 0 amide bonds. The highest BCUT2D eigenvalue weighted by Gasteiger charge is 2.47. The zero-order valence-electron chi connectivity index (χ0n) is 20.8. The fraction of sp³-hybridized carbons (Fsp3) is 0.429. The van der Waals surface area contributed by atoms with E-state index >= 15 is 0 Å². The van der Waals surface area contributed by atoms with Crippen LogP contribution in [0.3, 0.4) is 0 Å². The largest absolute Gasteiger partial charge is 0.394 e. The van der Waals surface area contributed by atoms with E-state index < -0.39 is 54.0 Å². The van der Waals surface area contributed by atoms with E-state index in [1.54, 1.807) is 4.57 Å². The van der Waals surface area contributed by atoms with Crippen molar-refractivity contribution in [3.63, 3.8) is 0 Å². The van der Waals surface area contributed by atoms with Crippen molar-refractivity contribution in [2.75, 3.05) is 18.1 Å². The minimum Gasteiger partial charge on any atom is -0.394 e. The molecule has 0 aromatic carbocycles. The highest BCUT2D eigenvalue weighted by Crippen LogP contribution is 2.41. The van der Waals surface area contributed by atoms with Crippen LogP contribution in [0.1, 0.15) is 36.7 Å². The lowest BCUT2D eigenvalue weighted by Crippen LogP contribution is -2.29. The van der Waals surface area contributed by atoms with Gasteiger partial charge in [-0.2, -0.15) is 9.97 Å². The molecule has 20 nitrogen and oxygen atoms in total. The molecule has 214 valence electrons. The van der Waals surface area contributed by atoms with Gasteiger partial charge in [0.05, 0.1) is 31.5 Å². The number of aliphatic hydroxyl groups excluding tert-OH is 3. The van der Waals surface area contributed by atoms with Crippen molar-refractivity contribution in [1.82, 2.24) is 54.0 Å². The van der Waals surface area contributed by atoms with Crippen molar-refractivity contribution >= 4 is 34.2 Å². The number of fused-ring (bicyclic) bond motifs is 2. The minimum absolute atomic E-state index is 0.0159. The molecule has 41 heavy (non-hydrogen) atoms. The Balaban J connectivity index is 1.15. The number of imidazole rings is 2. The predicted octanol–water partition coefficient (Wildman–Crippen LogP) is -3.18. The average Bonchev–Trinajstić information content (AvgIpc) is 3.74. The van der Waals surface area contributed by atoms with Gasteiger partial charge in [0.25, 0.3) is 11.1 Å². The first-order valence-electron chi connectivity index (χ1n) is 12.4. The first-order valence-corrected chi connectivity index (χ1v) is 12.4. The second-order valence-corrected chi connectivity index (χ2v) is 9.72. The molecule has 9 N–H and O–H groups in total. The summed E-state index contributed by atoms with van der Waals surface area (Å²) in [5.74, 6) is -0.231. The topological polar surface area (TPSA) is 289 Å². The number of hydrogen-bond donors (Lipinski definition) is 7. The van der Waals surface area contributed by atoms with Crippen LogP contribution in [-0.2, 0) is 9.47 Å². The summed E-state index contributed by atoms with van der Waals surface area (Å²) in [7, 11) is 0. The average molecular weight is 569 g/mol. The predicted molar refractivity (Wildman–Crippen MR) is 135 cm³/mol. The summed E-state index contributed by atoms with van der Waals surface area (Å²) in [6.45, 7) is -0.356. The maximum absolute atomic E-state index is 12.2. The zero-order valence-corrected chi connectivity index (χ0v) is 20.8. The maximum Gasteiger partial charge on any atom is 0.280 e. The lowest BCUT2D eigenvalue weighted by molar-refractivity contribution is -0.0371. The molecular weight excluding hydrogens is 546 g/mol. The molecule has 7 rings (SSSR count). The number of aromatic nitrogens is 11. The van der Waals surface area contributed by atoms with Crippen molar-refractivity contribution in [3.05, 3.63) is 45.3 Å². The van der Waals surface area contributed by atoms with E-state index in [2.05, 4.69) is 40.2 Å². The van der Waals surface area contributed by atoms with Crippen molar-refractivity contribution in [1.29, 1.82) is 0 Å². The summed E-state index contributed by atoms with van der Waals surface area (Å²) in [6, 6.07) is -0.515. The molecule has 0 radical (unpaired) electrons. The number of anilines is 2. The van der Waals surface area contributed by atoms with Crippen molar-refractivity contribution in [2.24, 2.45) is 0 Å². The molecule has 5 aromatic rings. The summed E-state index contributed by atoms with van der Waals surface area (Å²) in [5.41, 5.74) is 10.9. The van der Waals surface area contributed by atoms with Gasteiger partial charge in [-0.3, -0.25) is 28.7 Å². The Morgan fingerprint density at radius 3 is 2.24 bits per heavy atom. The standard InChI is InChI=1S/C21H23N13O7/c22-20-26-15-10(17(38)28-20)24-4-32(15)9-1-7(8(3-35)40-9)34-2-6(30-31-34)14-12(36)13(37)19(41-14)33-5-25-11-16(33)27-21(23)29-18(11)39/h2,4-5,7-9,12-14,19,35-37H,1,3H2,(H3,22,26,28,38)(H3,23,27,29,39)/t7-,8+,9+,12-,13-,14+,19+/m0/s1. The Labute approximate surface area is 226 Å². The highest BCUT2D eigenvalue weighted by atomic mass is 16.6. The van der Waals surface area contributed by atoms with Crippen molar-refractivity contribution in [3.8, 4) is 0 Å². The molecule has 5 aromatic heterocycles. The summed E-state index contributed by atoms with van der Waals surface area (Å²) in [6.07, 6.45) is -2.06. The second-order valence-electron chi connectivity index (χ2n) is 9.72. The normalized spacial score (nSPS) is 28.3. The van der Waals surface area contributed by atoms with Crippen LogP contribution in [0.5, 0.6) is 0 Å². The van der Waals surface area contributed by atoms with Gasteiger partial charge in [-0.25, -0.2) is 14.6 Å². The Morgan fingerprint density at radius 1 is 0.951 bits per heavy atom. The van der Waals surface area contributed by atoms with Gasteiger partial charge in [-0.1, -0.05) is 5.21 Å². The molecule has 2 fully saturated rings. The Bertz CT molecular complexity index is 1870. The molecule has 0 aliphatic carbocycles. The number of ether oxygens (including phenoxy) is 2. The SMILES string of the molecule is Nc1nc2c(ncn2[C@@H]2O[C@H](c3cn([C@H]4C[C@H](n5cnc6c(=O)[nH]c(N)nc65)O[C@@H]4CO)nn3)[C@@H](O)[C@@H]2O)c(=O)[nH]1. The number of nitrogens with one attached hydrogen (secondary N) is 2. The monoisotopic (exact) mass is 569 g/mol. The van der Waals surface area contributed by atoms with E-state index in [0.29, 0.717) is 0 Å². The van der Waals surface area contributed by atoms with Gasteiger partial charge < -0.3 is 36.3 Å². The van der Waals surface area contributed by atoms with Gasteiger partial charge in [0, 0.05) is 6.42 Å². The fourth-order valence-corrected chi connectivity index (χ4v) is 5.33. The number of nitrogens with two attached hydrogens (primary N) is 2. The second kappa shape index (κ2) is 9.14. The molecule has 0 spiro atoms. The highest BCUT2D eigenvalue weighted by molar-refractivity contribution is 5.71. The molecule has 0 bridgehead atoms. The molecular formula is C21H23N13O7. The first-order chi connectivity index (χ1) is 19.7. The van der Waals surface area contributed by atoms with Crippen LogP contribution >= 0.6 is 0 Å². The van der Waals surface area contributed by atoms with Crippen LogP contribution in [0.25, 0.3) is 22.3 Å². The van der Waals surface area contributed by atoms with Crippen molar-refractivity contribution < 1.29 is 24.8 Å². The molecule has 2 aliphatic rings. The third-order valence-electron chi connectivity index (χ3n) is 7.27. The van der Waals surface area contributed by atoms with Gasteiger partial charge >= 0.3 is 0 Å². The summed E-state index contributed by atoms with van der Waals surface area (Å²) < 4.78 is 16.3. The number of aliphatic hydroxyl groups is 3.